The molecule has 0 fully saturated rings. The van der Waals surface area contributed by atoms with Crippen LogP contribution in [-0.2, 0) is 9.47 Å². The lowest BCUT2D eigenvalue weighted by Gasteiger charge is -2.24. The fourth-order valence-corrected chi connectivity index (χ4v) is 1.77. The molecule has 0 aliphatic heterocycles. The van der Waals surface area contributed by atoms with Crippen LogP contribution < -0.4 is 4.74 Å². The smallest absolute Gasteiger partial charge is 0.187 e. The average molecular weight is 268 g/mol. The summed E-state index contributed by atoms with van der Waals surface area (Å²) in [5, 5.41) is 10.4. The van der Waals surface area contributed by atoms with E-state index in [1.165, 1.54) is 0 Å². The summed E-state index contributed by atoms with van der Waals surface area (Å²) in [4.78, 5) is 0. The third-order valence-electron chi connectivity index (χ3n) is 2.62. The lowest BCUT2D eigenvalue weighted by Crippen LogP contribution is -2.26. The maximum absolute atomic E-state index is 10.4. The summed E-state index contributed by atoms with van der Waals surface area (Å²) in [5.74, 6) is 0.682. The second-order valence-electron chi connectivity index (χ2n) is 4.11. The van der Waals surface area contributed by atoms with Crippen molar-refractivity contribution in [2.24, 2.45) is 0 Å². The molecular formula is C15H24O4. The van der Waals surface area contributed by atoms with E-state index in [2.05, 4.69) is 0 Å². The summed E-state index contributed by atoms with van der Waals surface area (Å²) in [6.07, 6.45) is -0.598. The van der Waals surface area contributed by atoms with Gasteiger partial charge in [0.1, 0.15) is 11.9 Å². The third kappa shape index (κ3) is 4.82. The maximum Gasteiger partial charge on any atom is 0.187 e. The van der Waals surface area contributed by atoms with E-state index in [0.717, 1.165) is 6.42 Å². The van der Waals surface area contributed by atoms with Gasteiger partial charge in [-0.1, -0.05) is 25.1 Å². The third-order valence-corrected chi connectivity index (χ3v) is 2.62. The number of benzene rings is 1. The van der Waals surface area contributed by atoms with Crippen molar-refractivity contribution in [3.8, 4) is 5.75 Å². The van der Waals surface area contributed by atoms with Gasteiger partial charge in [-0.2, -0.15) is 0 Å². The molecule has 19 heavy (non-hydrogen) atoms. The van der Waals surface area contributed by atoms with Crippen molar-refractivity contribution in [1.82, 2.24) is 0 Å². The number of para-hydroxylation sites is 1. The Bertz CT molecular complexity index is 348. The molecule has 0 amide bonds. The average Bonchev–Trinajstić information content (AvgIpc) is 2.44. The van der Waals surface area contributed by atoms with Gasteiger partial charge in [-0.05, 0) is 26.3 Å². The Kier molecular flexibility index (Phi) is 7.48. The Morgan fingerprint density at radius 1 is 1.05 bits per heavy atom. The molecule has 0 saturated heterocycles. The molecule has 0 aliphatic carbocycles. The molecule has 0 bridgehead atoms. The number of hydrogen-bond acceptors (Lipinski definition) is 4. The molecule has 0 spiro atoms. The Labute approximate surface area is 115 Å². The van der Waals surface area contributed by atoms with E-state index >= 15 is 0 Å². The van der Waals surface area contributed by atoms with Crippen molar-refractivity contribution in [1.29, 1.82) is 0 Å². The number of ether oxygens (including phenoxy) is 3. The van der Waals surface area contributed by atoms with E-state index in [1.54, 1.807) is 0 Å². The first-order chi connectivity index (χ1) is 9.24. The lowest BCUT2D eigenvalue weighted by molar-refractivity contribution is -0.191. The van der Waals surface area contributed by atoms with Crippen LogP contribution in [0.4, 0.5) is 0 Å². The number of aliphatic hydroxyl groups is 1. The summed E-state index contributed by atoms with van der Waals surface area (Å²) in [5.41, 5.74) is 0.697. The summed E-state index contributed by atoms with van der Waals surface area (Å²) in [7, 11) is 0. The van der Waals surface area contributed by atoms with Crippen LogP contribution >= 0.6 is 0 Å². The Balaban J connectivity index is 2.86. The van der Waals surface area contributed by atoms with Crippen LogP contribution in [0.15, 0.2) is 24.3 Å². The van der Waals surface area contributed by atoms with Crippen molar-refractivity contribution >= 4 is 0 Å². The van der Waals surface area contributed by atoms with Gasteiger partial charge < -0.3 is 19.3 Å². The van der Waals surface area contributed by atoms with Crippen molar-refractivity contribution in [2.75, 3.05) is 19.8 Å². The van der Waals surface area contributed by atoms with Gasteiger partial charge in [0.05, 0.1) is 6.61 Å². The second kappa shape index (κ2) is 8.91. The Hall–Kier alpha value is -1.10. The quantitative estimate of drug-likeness (QED) is 0.700. The topological polar surface area (TPSA) is 47.9 Å². The standard InChI is InChI=1S/C15H24O4/c1-4-11-19-13-10-8-7-9-12(13)14(16)15(17-5-2)18-6-3/h7-10,14-16H,4-6,11H2,1-3H3. The first kappa shape index (κ1) is 16.0. The monoisotopic (exact) mass is 268 g/mol. The molecule has 1 rings (SSSR count). The van der Waals surface area contributed by atoms with E-state index < -0.39 is 12.4 Å². The molecule has 108 valence electrons. The molecule has 1 atom stereocenters. The molecule has 0 heterocycles. The minimum absolute atomic E-state index is 0.486. The van der Waals surface area contributed by atoms with Gasteiger partial charge in [0.15, 0.2) is 6.29 Å². The van der Waals surface area contributed by atoms with E-state index in [1.807, 2.05) is 45.0 Å². The van der Waals surface area contributed by atoms with Crippen LogP contribution in [0.1, 0.15) is 38.9 Å². The largest absolute Gasteiger partial charge is 0.493 e. The summed E-state index contributed by atoms with van der Waals surface area (Å²) >= 11 is 0. The van der Waals surface area contributed by atoms with Gasteiger partial charge in [0.25, 0.3) is 0 Å². The normalized spacial score (nSPS) is 12.7. The molecule has 4 heteroatoms. The van der Waals surface area contributed by atoms with Gasteiger partial charge in [-0.15, -0.1) is 0 Å². The molecule has 0 aromatic heterocycles. The molecule has 1 aromatic rings. The van der Waals surface area contributed by atoms with E-state index in [-0.39, 0.29) is 0 Å². The van der Waals surface area contributed by atoms with Crippen LogP contribution in [0.5, 0.6) is 5.75 Å². The molecule has 4 nitrogen and oxygen atoms in total. The highest BCUT2D eigenvalue weighted by Crippen LogP contribution is 2.29. The van der Waals surface area contributed by atoms with Crippen molar-refractivity contribution in [3.63, 3.8) is 0 Å². The predicted octanol–water partition coefficient (Wildman–Crippen LogP) is 2.91. The SMILES string of the molecule is CCCOc1ccccc1C(O)C(OCC)OCC. The Morgan fingerprint density at radius 2 is 1.68 bits per heavy atom. The van der Waals surface area contributed by atoms with Crippen LogP contribution in [0.3, 0.4) is 0 Å². The summed E-state index contributed by atoms with van der Waals surface area (Å²) in [6, 6.07) is 7.44. The van der Waals surface area contributed by atoms with Gasteiger partial charge in [0, 0.05) is 18.8 Å². The molecule has 1 unspecified atom stereocenters. The first-order valence-electron chi connectivity index (χ1n) is 6.87. The highest BCUT2D eigenvalue weighted by Gasteiger charge is 2.24. The molecule has 1 N–H and O–H groups in total. The van der Waals surface area contributed by atoms with Crippen molar-refractivity contribution < 1.29 is 19.3 Å². The van der Waals surface area contributed by atoms with Gasteiger partial charge in [-0.25, -0.2) is 0 Å². The highest BCUT2D eigenvalue weighted by molar-refractivity contribution is 5.35. The molecule has 0 saturated carbocycles. The molecular weight excluding hydrogens is 244 g/mol. The lowest BCUT2D eigenvalue weighted by atomic mass is 10.1. The number of aliphatic hydroxyl groups excluding tert-OH is 1. The van der Waals surface area contributed by atoms with Gasteiger partial charge >= 0.3 is 0 Å². The van der Waals surface area contributed by atoms with Crippen LogP contribution in [0.2, 0.25) is 0 Å². The number of rotatable bonds is 9. The number of hydrogen-bond donors (Lipinski definition) is 1. The van der Waals surface area contributed by atoms with Crippen molar-refractivity contribution in [3.05, 3.63) is 29.8 Å². The fraction of sp³-hybridized carbons (Fsp3) is 0.600. The van der Waals surface area contributed by atoms with Gasteiger partial charge in [-0.3, -0.25) is 0 Å². The highest BCUT2D eigenvalue weighted by atomic mass is 16.7. The van der Waals surface area contributed by atoms with Crippen LogP contribution in [0.25, 0.3) is 0 Å². The van der Waals surface area contributed by atoms with E-state index in [4.69, 9.17) is 14.2 Å². The molecule has 0 aliphatic rings. The zero-order valence-electron chi connectivity index (χ0n) is 12.0. The minimum atomic E-state index is -0.854. The first-order valence-corrected chi connectivity index (χ1v) is 6.87. The predicted molar refractivity (Wildman–Crippen MR) is 74.2 cm³/mol. The minimum Gasteiger partial charge on any atom is -0.493 e. The van der Waals surface area contributed by atoms with E-state index in [0.29, 0.717) is 31.1 Å². The molecule has 1 aromatic carbocycles. The maximum atomic E-state index is 10.4. The molecule has 0 radical (unpaired) electrons. The van der Waals surface area contributed by atoms with Gasteiger partial charge in [0.2, 0.25) is 0 Å². The van der Waals surface area contributed by atoms with E-state index in [9.17, 15) is 5.11 Å². The van der Waals surface area contributed by atoms with Crippen molar-refractivity contribution in [2.45, 2.75) is 39.6 Å². The fourth-order valence-electron chi connectivity index (χ4n) is 1.77. The Morgan fingerprint density at radius 3 is 2.26 bits per heavy atom. The second-order valence-corrected chi connectivity index (χ2v) is 4.11. The summed E-state index contributed by atoms with van der Waals surface area (Å²) < 4.78 is 16.5. The van der Waals surface area contributed by atoms with Crippen LogP contribution in [0, 0.1) is 0 Å². The summed E-state index contributed by atoms with van der Waals surface area (Å²) in [6.45, 7) is 7.38. The zero-order chi connectivity index (χ0) is 14.1. The zero-order valence-corrected chi connectivity index (χ0v) is 12.0. The van der Waals surface area contributed by atoms with Crippen LogP contribution in [-0.4, -0.2) is 31.2 Å².